The largest absolute Gasteiger partial charge is 0.496 e. The van der Waals surface area contributed by atoms with Crippen LogP contribution in [-0.2, 0) is 11.2 Å². The van der Waals surface area contributed by atoms with Gasteiger partial charge in [0.05, 0.1) is 21.3 Å². The molecule has 0 saturated carbocycles. The van der Waals surface area contributed by atoms with Crippen molar-refractivity contribution in [3.05, 3.63) is 17.7 Å². The molecule has 1 aromatic rings. The fraction of sp³-hybridized carbons (Fsp3) is 0.333. The first kappa shape index (κ1) is 14.2. The normalized spacial score (nSPS) is 9.72. The van der Waals surface area contributed by atoms with Gasteiger partial charge in [0, 0.05) is 18.1 Å². The molecule has 0 fully saturated rings. The van der Waals surface area contributed by atoms with Crippen molar-refractivity contribution in [2.24, 2.45) is 0 Å². The van der Waals surface area contributed by atoms with Gasteiger partial charge in [0.1, 0.15) is 10.6 Å². The Kier molecular flexibility index (Phi) is 4.91. The summed E-state index contributed by atoms with van der Waals surface area (Å²) in [5.41, 5.74) is 0.641. The Morgan fingerprint density at radius 3 is 2.06 bits per heavy atom. The SMILES string of the molecule is COc1cc(OC)c(OC)cc1CC(=S)C(=O)O. The van der Waals surface area contributed by atoms with E-state index in [0.29, 0.717) is 22.8 Å². The van der Waals surface area contributed by atoms with E-state index in [1.807, 2.05) is 0 Å². The fourth-order valence-electron chi connectivity index (χ4n) is 1.48. The smallest absolute Gasteiger partial charge is 0.342 e. The van der Waals surface area contributed by atoms with Crippen LogP contribution >= 0.6 is 12.2 Å². The first-order valence-corrected chi connectivity index (χ1v) is 5.49. The maximum Gasteiger partial charge on any atom is 0.342 e. The molecule has 1 N–H and O–H groups in total. The summed E-state index contributed by atoms with van der Waals surface area (Å²) in [5.74, 6) is 0.416. The van der Waals surface area contributed by atoms with Crippen LogP contribution in [0.5, 0.6) is 17.2 Å². The number of carboxylic acid groups (broad SMARTS) is 1. The highest BCUT2D eigenvalue weighted by molar-refractivity contribution is 7.82. The molecule has 0 heterocycles. The molecule has 6 heteroatoms. The van der Waals surface area contributed by atoms with Crippen molar-refractivity contribution in [3.8, 4) is 17.2 Å². The van der Waals surface area contributed by atoms with E-state index >= 15 is 0 Å². The predicted molar refractivity (Wildman–Crippen MR) is 70.0 cm³/mol. The highest BCUT2D eigenvalue weighted by Crippen LogP contribution is 2.34. The molecule has 0 unspecified atom stereocenters. The summed E-state index contributed by atoms with van der Waals surface area (Å²) in [5, 5.41) is 8.80. The summed E-state index contributed by atoms with van der Waals surface area (Å²) in [7, 11) is 4.51. The summed E-state index contributed by atoms with van der Waals surface area (Å²) in [6.45, 7) is 0. The summed E-state index contributed by atoms with van der Waals surface area (Å²) >= 11 is 4.78. The molecule has 1 aromatic carbocycles. The van der Waals surface area contributed by atoms with E-state index in [9.17, 15) is 4.79 Å². The molecule has 0 aromatic heterocycles. The fourth-order valence-corrected chi connectivity index (χ4v) is 1.63. The molecule has 0 spiro atoms. The number of carboxylic acids is 1. The number of thiocarbonyl (C=S) groups is 1. The van der Waals surface area contributed by atoms with Crippen LogP contribution < -0.4 is 14.2 Å². The highest BCUT2D eigenvalue weighted by atomic mass is 32.1. The molecule has 98 valence electrons. The second-order valence-corrected chi connectivity index (χ2v) is 3.92. The third kappa shape index (κ3) is 3.10. The lowest BCUT2D eigenvalue weighted by Gasteiger charge is -2.13. The minimum atomic E-state index is -1.11. The van der Waals surface area contributed by atoms with Gasteiger partial charge >= 0.3 is 5.97 Å². The molecule has 0 atom stereocenters. The van der Waals surface area contributed by atoms with Gasteiger partial charge in [-0.2, -0.15) is 0 Å². The third-order valence-electron chi connectivity index (χ3n) is 2.38. The zero-order valence-electron chi connectivity index (χ0n) is 10.4. The summed E-state index contributed by atoms with van der Waals surface area (Å²) in [4.78, 5) is 10.7. The quantitative estimate of drug-likeness (QED) is 0.794. The van der Waals surface area contributed by atoms with Gasteiger partial charge in [-0.3, -0.25) is 0 Å². The molecular weight excluding hydrogens is 256 g/mol. The molecule has 0 saturated heterocycles. The van der Waals surface area contributed by atoms with Crippen LogP contribution in [0.25, 0.3) is 0 Å². The third-order valence-corrected chi connectivity index (χ3v) is 2.70. The van der Waals surface area contributed by atoms with Crippen LogP contribution in [0.4, 0.5) is 0 Å². The number of ether oxygens (including phenoxy) is 3. The number of hydrogen-bond donors (Lipinski definition) is 1. The second kappa shape index (κ2) is 6.20. The monoisotopic (exact) mass is 270 g/mol. The molecular formula is C12H14O5S. The highest BCUT2D eigenvalue weighted by Gasteiger charge is 2.15. The van der Waals surface area contributed by atoms with Crippen LogP contribution in [-0.4, -0.2) is 37.3 Å². The first-order valence-electron chi connectivity index (χ1n) is 5.08. The zero-order chi connectivity index (χ0) is 13.7. The number of aliphatic carboxylic acids is 1. The van der Waals surface area contributed by atoms with Gasteiger partial charge < -0.3 is 19.3 Å². The van der Waals surface area contributed by atoms with Gasteiger partial charge in [0.2, 0.25) is 0 Å². The van der Waals surface area contributed by atoms with Gasteiger partial charge in [-0.15, -0.1) is 0 Å². The van der Waals surface area contributed by atoms with E-state index in [1.165, 1.54) is 21.3 Å². The Bertz CT molecular complexity index is 470. The van der Waals surface area contributed by atoms with Crippen LogP contribution in [0.15, 0.2) is 12.1 Å². The topological polar surface area (TPSA) is 65.0 Å². The van der Waals surface area contributed by atoms with Crippen molar-refractivity contribution >= 4 is 23.1 Å². The molecule has 0 aliphatic rings. The van der Waals surface area contributed by atoms with Gasteiger partial charge in [-0.05, 0) is 6.07 Å². The molecule has 1 rings (SSSR count). The van der Waals surface area contributed by atoms with E-state index in [1.54, 1.807) is 12.1 Å². The minimum Gasteiger partial charge on any atom is -0.496 e. The van der Waals surface area contributed by atoms with E-state index < -0.39 is 5.97 Å². The number of carbonyl (C=O) groups is 1. The van der Waals surface area contributed by atoms with Crippen LogP contribution in [0.1, 0.15) is 5.56 Å². The minimum absolute atomic E-state index is 0.0829. The van der Waals surface area contributed by atoms with Crippen molar-refractivity contribution in [3.63, 3.8) is 0 Å². The van der Waals surface area contributed by atoms with Gasteiger partial charge in [0.15, 0.2) is 11.5 Å². The Morgan fingerprint density at radius 1 is 1.11 bits per heavy atom. The van der Waals surface area contributed by atoms with Gasteiger partial charge in [0.25, 0.3) is 0 Å². The maximum atomic E-state index is 10.7. The van der Waals surface area contributed by atoms with Crippen molar-refractivity contribution in [2.75, 3.05) is 21.3 Å². The van der Waals surface area contributed by atoms with Gasteiger partial charge in [-0.25, -0.2) is 4.79 Å². The summed E-state index contributed by atoms with van der Waals surface area (Å²) in [6.07, 6.45) is 0.105. The van der Waals surface area contributed by atoms with Crippen LogP contribution in [0.2, 0.25) is 0 Å². The Morgan fingerprint density at radius 2 is 1.61 bits per heavy atom. The van der Waals surface area contributed by atoms with Crippen molar-refractivity contribution in [1.29, 1.82) is 0 Å². The molecule has 0 amide bonds. The molecule has 0 bridgehead atoms. The van der Waals surface area contributed by atoms with Crippen LogP contribution in [0, 0.1) is 0 Å². The lowest BCUT2D eigenvalue weighted by Crippen LogP contribution is -2.13. The number of methoxy groups -OCH3 is 3. The lowest BCUT2D eigenvalue weighted by molar-refractivity contribution is -0.129. The molecule has 5 nitrogen and oxygen atoms in total. The average Bonchev–Trinajstić information content (AvgIpc) is 2.37. The van der Waals surface area contributed by atoms with E-state index in [4.69, 9.17) is 31.5 Å². The predicted octanol–water partition coefficient (Wildman–Crippen LogP) is 1.71. The molecule has 0 radical (unpaired) electrons. The molecule has 18 heavy (non-hydrogen) atoms. The van der Waals surface area contributed by atoms with Gasteiger partial charge in [-0.1, -0.05) is 12.2 Å². The second-order valence-electron chi connectivity index (χ2n) is 3.42. The van der Waals surface area contributed by atoms with Crippen molar-refractivity contribution < 1.29 is 24.1 Å². The average molecular weight is 270 g/mol. The van der Waals surface area contributed by atoms with Crippen molar-refractivity contribution in [1.82, 2.24) is 0 Å². The summed E-state index contributed by atoms with van der Waals surface area (Å²) in [6, 6.07) is 3.30. The Hall–Kier alpha value is -1.82. The van der Waals surface area contributed by atoms with E-state index in [-0.39, 0.29) is 11.3 Å². The Labute approximate surface area is 110 Å². The standard InChI is InChI=1S/C12H14O5S/c1-15-8-6-10(17-3)9(16-2)4-7(8)5-11(18)12(13)14/h4,6H,5H2,1-3H3,(H,13,14). The molecule has 0 aliphatic carbocycles. The number of benzene rings is 1. The van der Waals surface area contributed by atoms with Crippen molar-refractivity contribution in [2.45, 2.75) is 6.42 Å². The lowest BCUT2D eigenvalue weighted by atomic mass is 10.1. The summed E-state index contributed by atoms with van der Waals surface area (Å²) < 4.78 is 15.5. The van der Waals surface area contributed by atoms with E-state index in [0.717, 1.165) is 0 Å². The molecule has 0 aliphatic heterocycles. The van der Waals surface area contributed by atoms with E-state index in [2.05, 4.69) is 0 Å². The first-order chi connectivity index (χ1) is 8.53. The number of rotatable bonds is 6. The Balaban J connectivity index is 3.17. The zero-order valence-corrected chi connectivity index (χ0v) is 11.2. The maximum absolute atomic E-state index is 10.7. The van der Waals surface area contributed by atoms with Crippen LogP contribution in [0.3, 0.4) is 0 Å². The number of hydrogen-bond acceptors (Lipinski definition) is 5.